The minimum absolute atomic E-state index is 0.00454. The number of hydrogen-bond acceptors (Lipinski definition) is 8. The summed E-state index contributed by atoms with van der Waals surface area (Å²) in [6.07, 6.45) is -4.99. The molecule has 1 aromatic carbocycles. The zero-order chi connectivity index (χ0) is 29.0. The fourth-order valence-electron chi connectivity index (χ4n) is 3.56. The first-order valence-electron chi connectivity index (χ1n) is 12.0. The van der Waals surface area contributed by atoms with Crippen molar-refractivity contribution in [3.63, 3.8) is 0 Å². The van der Waals surface area contributed by atoms with Crippen LogP contribution in [0.2, 0.25) is 5.02 Å². The number of carbonyl (C=O) groups excluding carboxylic acids is 2. The molecule has 15 heteroatoms. The Kier molecular flexibility index (Phi) is 9.51. The number of carbonyl (C=O) groups is 2. The fraction of sp³-hybridized carbons (Fsp3) is 0.583. The van der Waals surface area contributed by atoms with Gasteiger partial charge in [0.15, 0.2) is 6.61 Å². The minimum Gasteiger partial charge on any atom is -0.484 e. The van der Waals surface area contributed by atoms with Gasteiger partial charge in [0.25, 0.3) is 5.91 Å². The number of hydrogen-bond donors (Lipinski definition) is 1. The molecule has 1 unspecified atom stereocenters. The van der Waals surface area contributed by atoms with Crippen molar-refractivity contribution in [1.82, 2.24) is 20.4 Å². The summed E-state index contributed by atoms with van der Waals surface area (Å²) in [7, 11) is 0. The van der Waals surface area contributed by atoms with Crippen molar-refractivity contribution >= 4 is 23.6 Å². The van der Waals surface area contributed by atoms with Gasteiger partial charge in [0.1, 0.15) is 29.8 Å². The lowest BCUT2D eigenvalue weighted by molar-refractivity contribution is -0.177. The normalized spacial score (nSPS) is 18.8. The van der Waals surface area contributed by atoms with Gasteiger partial charge in [-0.25, -0.2) is 9.18 Å². The maximum absolute atomic E-state index is 13.6. The van der Waals surface area contributed by atoms with Crippen LogP contribution in [-0.2, 0) is 9.53 Å². The summed E-state index contributed by atoms with van der Waals surface area (Å²) in [5.74, 6) is -2.89. The molecule has 1 saturated heterocycles. The van der Waals surface area contributed by atoms with Crippen LogP contribution in [0.25, 0.3) is 0 Å². The van der Waals surface area contributed by atoms with E-state index in [1.807, 2.05) is 0 Å². The van der Waals surface area contributed by atoms with Crippen molar-refractivity contribution in [3.05, 3.63) is 34.9 Å². The number of aromatic nitrogens is 2. The van der Waals surface area contributed by atoms with E-state index in [0.717, 1.165) is 13.0 Å². The Labute approximate surface area is 226 Å². The van der Waals surface area contributed by atoms with Crippen LogP contribution in [0, 0.1) is 11.7 Å². The van der Waals surface area contributed by atoms with Crippen LogP contribution in [-0.4, -0.2) is 64.7 Å². The molecule has 1 aliphatic heterocycles. The molecule has 1 fully saturated rings. The lowest BCUT2D eigenvalue weighted by Crippen LogP contribution is -2.52. The van der Waals surface area contributed by atoms with Crippen molar-refractivity contribution in [1.29, 1.82) is 0 Å². The highest BCUT2D eigenvalue weighted by Gasteiger charge is 2.39. The van der Waals surface area contributed by atoms with Crippen LogP contribution in [0.1, 0.15) is 52.5 Å². The summed E-state index contributed by atoms with van der Waals surface area (Å²) >= 11 is 5.64. The van der Waals surface area contributed by atoms with Gasteiger partial charge in [-0.2, -0.15) is 13.2 Å². The number of benzene rings is 1. The number of halogens is 5. The smallest absolute Gasteiger partial charge is 0.414 e. The molecule has 39 heavy (non-hydrogen) atoms. The second-order valence-electron chi connectivity index (χ2n) is 10.0. The van der Waals surface area contributed by atoms with E-state index in [1.165, 1.54) is 17.0 Å². The average Bonchev–Trinajstić information content (AvgIpc) is 3.30. The van der Waals surface area contributed by atoms with Gasteiger partial charge in [-0.05, 0) is 45.7 Å². The predicted molar refractivity (Wildman–Crippen MR) is 129 cm³/mol. The standard InChI is InChI=1S/C24H29ClF4N4O6/c1-13(24(27,28)29)11-37-21-32-31-20(38-21)18-8-5-14(10-33(18)22(35)39-23(2,3)4)30-19(34)12-36-15-6-7-16(25)17(26)9-15/h6-7,9,13-14,18H,5,8,10-12H2,1-4H3,(H,30,34)/t13?,14-,18+/m0/s1. The molecule has 2 heterocycles. The molecule has 0 spiro atoms. The van der Waals surface area contributed by atoms with Crippen molar-refractivity contribution in [2.24, 2.45) is 5.92 Å². The van der Waals surface area contributed by atoms with Crippen molar-refractivity contribution in [2.75, 3.05) is 19.8 Å². The summed E-state index contributed by atoms with van der Waals surface area (Å²) < 4.78 is 73.0. The third-order valence-electron chi connectivity index (χ3n) is 5.56. The van der Waals surface area contributed by atoms with Gasteiger partial charge in [0.2, 0.25) is 5.89 Å². The van der Waals surface area contributed by atoms with Crippen molar-refractivity contribution in [3.8, 4) is 11.8 Å². The molecule has 10 nitrogen and oxygen atoms in total. The van der Waals surface area contributed by atoms with E-state index in [9.17, 15) is 27.2 Å². The Morgan fingerprint density at radius 2 is 1.92 bits per heavy atom. The number of nitrogens with zero attached hydrogens (tertiary/aromatic N) is 3. The van der Waals surface area contributed by atoms with E-state index in [-0.39, 0.29) is 29.6 Å². The number of nitrogens with one attached hydrogen (secondary N) is 1. The molecule has 3 atom stereocenters. The topological polar surface area (TPSA) is 116 Å². The zero-order valence-corrected chi connectivity index (χ0v) is 22.4. The largest absolute Gasteiger partial charge is 0.484 e. The van der Waals surface area contributed by atoms with Crippen LogP contribution in [0.4, 0.5) is 22.4 Å². The van der Waals surface area contributed by atoms with Gasteiger partial charge in [0.05, 0.1) is 10.9 Å². The Bertz CT molecular complexity index is 1160. The number of piperidine rings is 1. The van der Waals surface area contributed by atoms with Gasteiger partial charge in [-0.15, -0.1) is 5.10 Å². The Balaban J connectivity index is 1.65. The molecule has 0 aliphatic carbocycles. The summed E-state index contributed by atoms with van der Waals surface area (Å²) in [5.41, 5.74) is -0.837. The second-order valence-corrected chi connectivity index (χ2v) is 10.4. The highest BCUT2D eigenvalue weighted by atomic mass is 35.5. The summed E-state index contributed by atoms with van der Waals surface area (Å²) in [4.78, 5) is 26.8. The number of likely N-dealkylation sites (tertiary alicyclic amines) is 1. The van der Waals surface area contributed by atoms with Crippen LogP contribution in [0.5, 0.6) is 11.8 Å². The quantitative estimate of drug-likeness (QED) is 0.430. The van der Waals surface area contributed by atoms with E-state index < -0.39 is 66.9 Å². The monoisotopic (exact) mass is 580 g/mol. The maximum Gasteiger partial charge on any atom is 0.414 e. The average molecular weight is 581 g/mol. The van der Waals surface area contributed by atoms with E-state index in [0.29, 0.717) is 6.42 Å². The molecule has 0 radical (unpaired) electrons. The van der Waals surface area contributed by atoms with Crippen molar-refractivity contribution in [2.45, 2.75) is 64.4 Å². The zero-order valence-electron chi connectivity index (χ0n) is 21.7. The molecule has 1 N–H and O–H groups in total. The molecule has 2 aromatic rings. The van der Waals surface area contributed by atoms with Crippen LogP contribution < -0.4 is 14.8 Å². The Morgan fingerprint density at radius 3 is 2.56 bits per heavy atom. The number of amides is 2. The SMILES string of the molecule is CC(COc1nnc([C@H]2CC[C@H](NC(=O)COc3ccc(Cl)c(F)c3)CN2C(=O)OC(C)(C)C)o1)C(F)(F)F. The van der Waals surface area contributed by atoms with E-state index in [1.54, 1.807) is 20.8 Å². The van der Waals surface area contributed by atoms with Gasteiger partial charge in [-0.1, -0.05) is 23.6 Å². The number of ether oxygens (including phenoxy) is 3. The highest BCUT2D eigenvalue weighted by molar-refractivity contribution is 6.30. The molecular formula is C24H29ClF4N4O6. The lowest BCUT2D eigenvalue weighted by Gasteiger charge is -2.38. The van der Waals surface area contributed by atoms with Gasteiger partial charge < -0.3 is 23.9 Å². The summed E-state index contributed by atoms with van der Waals surface area (Å²) in [6.45, 7) is 4.88. The molecule has 0 saturated carbocycles. The van der Waals surface area contributed by atoms with E-state index >= 15 is 0 Å². The fourth-order valence-corrected chi connectivity index (χ4v) is 3.67. The third-order valence-corrected chi connectivity index (χ3v) is 5.87. The van der Waals surface area contributed by atoms with Crippen LogP contribution >= 0.6 is 11.6 Å². The predicted octanol–water partition coefficient (Wildman–Crippen LogP) is 5.08. The van der Waals surface area contributed by atoms with Crippen LogP contribution in [0.3, 0.4) is 0 Å². The minimum atomic E-state index is -4.45. The van der Waals surface area contributed by atoms with E-state index in [2.05, 4.69) is 15.5 Å². The third kappa shape index (κ3) is 8.87. The Hall–Kier alpha value is -3.29. The maximum atomic E-state index is 13.6. The molecule has 216 valence electrons. The second kappa shape index (κ2) is 12.3. The summed E-state index contributed by atoms with van der Waals surface area (Å²) in [6, 6.07) is 2.50. The van der Waals surface area contributed by atoms with Crippen molar-refractivity contribution < 1.29 is 45.8 Å². The summed E-state index contributed by atoms with van der Waals surface area (Å²) in [5, 5.41) is 10.2. The molecule has 0 bridgehead atoms. The molecule has 3 rings (SSSR count). The first kappa shape index (κ1) is 30.3. The van der Waals surface area contributed by atoms with Gasteiger partial charge in [-0.3, -0.25) is 9.69 Å². The van der Waals surface area contributed by atoms with Crippen LogP contribution in [0.15, 0.2) is 22.6 Å². The molecule has 2 amide bonds. The molecule has 1 aliphatic rings. The first-order chi connectivity index (χ1) is 18.1. The van der Waals surface area contributed by atoms with E-state index in [4.69, 9.17) is 30.2 Å². The molecule has 1 aromatic heterocycles. The lowest BCUT2D eigenvalue weighted by atomic mass is 9.98. The number of rotatable bonds is 8. The Morgan fingerprint density at radius 1 is 1.21 bits per heavy atom. The number of alkyl halides is 3. The first-order valence-corrected chi connectivity index (χ1v) is 12.4. The highest BCUT2D eigenvalue weighted by Crippen LogP contribution is 2.33. The van der Waals surface area contributed by atoms with Gasteiger partial charge in [0, 0.05) is 18.7 Å². The van der Waals surface area contributed by atoms with Gasteiger partial charge >= 0.3 is 18.3 Å². The molecular weight excluding hydrogens is 552 g/mol.